The normalized spacial score (nSPS) is 11.5. The van der Waals surface area contributed by atoms with Gasteiger partial charge >= 0.3 is 6.18 Å². The summed E-state index contributed by atoms with van der Waals surface area (Å²) in [6.45, 7) is 1.84. The monoisotopic (exact) mass is 435 g/mol. The minimum absolute atomic E-state index is 0.0319. The Kier molecular flexibility index (Phi) is 5.70. The summed E-state index contributed by atoms with van der Waals surface area (Å²) in [5.74, 6) is 0.349. The predicted octanol–water partition coefficient (Wildman–Crippen LogP) is 6.66. The Bertz CT molecular complexity index is 1290. The lowest BCUT2D eigenvalue weighted by Crippen LogP contribution is -2.11. The van der Waals surface area contributed by atoms with Crippen LogP contribution >= 0.6 is 0 Å². The molecule has 0 aliphatic heterocycles. The van der Waals surface area contributed by atoms with Gasteiger partial charge in [-0.1, -0.05) is 48.5 Å². The Balaban J connectivity index is 1.89. The number of aromatic nitrogens is 1. The van der Waals surface area contributed by atoms with E-state index in [1.165, 1.54) is 18.2 Å². The Morgan fingerprint density at radius 3 is 2.38 bits per heavy atom. The van der Waals surface area contributed by atoms with Gasteiger partial charge in [0.15, 0.2) is 5.78 Å². The topological polar surface area (TPSA) is 39.2 Å². The molecule has 0 N–H and O–H groups in total. The van der Waals surface area contributed by atoms with Crippen LogP contribution in [0, 0.1) is 6.92 Å². The van der Waals surface area contributed by atoms with Gasteiger partial charge in [-0.05, 0) is 42.3 Å². The highest BCUT2D eigenvalue weighted by Crippen LogP contribution is 2.38. The van der Waals surface area contributed by atoms with Gasteiger partial charge in [-0.15, -0.1) is 0 Å². The van der Waals surface area contributed by atoms with Gasteiger partial charge in [0.1, 0.15) is 5.75 Å². The number of carbonyl (C=O) groups excluding carboxylic acids is 1. The van der Waals surface area contributed by atoms with Crippen molar-refractivity contribution in [3.8, 4) is 17.0 Å². The highest BCUT2D eigenvalue weighted by Gasteiger charge is 2.34. The molecule has 4 aromatic rings. The quantitative estimate of drug-likeness (QED) is 0.329. The fourth-order valence-electron chi connectivity index (χ4n) is 3.73. The van der Waals surface area contributed by atoms with E-state index in [0.717, 1.165) is 17.2 Å². The third-order valence-corrected chi connectivity index (χ3v) is 5.36. The molecule has 1 heterocycles. The summed E-state index contributed by atoms with van der Waals surface area (Å²) in [4.78, 5) is 17.9. The minimum Gasteiger partial charge on any atom is -0.497 e. The van der Waals surface area contributed by atoms with Crippen molar-refractivity contribution in [1.82, 2.24) is 4.98 Å². The number of methoxy groups -OCH3 is 1. The molecule has 0 aliphatic carbocycles. The van der Waals surface area contributed by atoms with E-state index in [9.17, 15) is 18.0 Å². The molecule has 0 unspecified atom stereocenters. The molecule has 3 nitrogen and oxygen atoms in total. The third-order valence-electron chi connectivity index (χ3n) is 5.36. The summed E-state index contributed by atoms with van der Waals surface area (Å²) in [5, 5.41) is 0.705. The SMILES string of the molecule is COc1ccc(CC(=O)c2cc3cccc(C)c3nc2-c2ccccc2C(F)(F)F)cc1. The molecule has 0 amide bonds. The van der Waals surface area contributed by atoms with Crippen molar-refractivity contribution in [3.05, 3.63) is 95.1 Å². The van der Waals surface area contributed by atoms with Crippen LogP contribution in [0.2, 0.25) is 0 Å². The van der Waals surface area contributed by atoms with Crippen molar-refractivity contribution in [3.63, 3.8) is 0 Å². The van der Waals surface area contributed by atoms with Crippen LogP contribution in [0.5, 0.6) is 5.75 Å². The van der Waals surface area contributed by atoms with E-state index < -0.39 is 11.7 Å². The van der Waals surface area contributed by atoms with Crippen LogP contribution in [0.4, 0.5) is 13.2 Å². The number of pyridine rings is 1. The highest BCUT2D eigenvalue weighted by molar-refractivity contribution is 6.06. The van der Waals surface area contributed by atoms with E-state index in [1.807, 2.05) is 19.1 Å². The number of halogens is 3. The zero-order valence-corrected chi connectivity index (χ0v) is 17.5. The Labute approximate surface area is 183 Å². The number of alkyl halides is 3. The molecule has 0 atom stereocenters. The summed E-state index contributed by atoms with van der Waals surface area (Å²) < 4.78 is 46.4. The lowest BCUT2D eigenvalue weighted by molar-refractivity contribution is -0.137. The van der Waals surface area contributed by atoms with Crippen molar-refractivity contribution < 1.29 is 22.7 Å². The average Bonchev–Trinajstić information content (AvgIpc) is 2.78. The van der Waals surface area contributed by atoms with Crippen LogP contribution in [-0.2, 0) is 12.6 Å². The van der Waals surface area contributed by atoms with Crippen LogP contribution < -0.4 is 4.74 Å². The minimum atomic E-state index is -4.57. The first-order chi connectivity index (χ1) is 15.3. The highest BCUT2D eigenvalue weighted by atomic mass is 19.4. The molecule has 0 fully saturated rings. The number of aryl methyl sites for hydroxylation is 1. The lowest BCUT2D eigenvalue weighted by atomic mass is 9.93. The van der Waals surface area contributed by atoms with Crippen molar-refractivity contribution in [2.24, 2.45) is 0 Å². The zero-order valence-electron chi connectivity index (χ0n) is 17.5. The number of fused-ring (bicyclic) bond motifs is 1. The zero-order chi connectivity index (χ0) is 22.9. The first-order valence-electron chi connectivity index (χ1n) is 10.0. The second-order valence-electron chi connectivity index (χ2n) is 7.52. The van der Waals surface area contributed by atoms with E-state index in [4.69, 9.17) is 4.74 Å². The number of ether oxygens (including phenoxy) is 1. The van der Waals surface area contributed by atoms with E-state index in [0.29, 0.717) is 16.7 Å². The van der Waals surface area contributed by atoms with E-state index >= 15 is 0 Å². The number of Topliss-reactive ketones (excluding diaryl/α,β-unsaturated/α-hetero) is 1. The Morgan fingerprint density at radius 1 is 0.969 bits per heavy atom. The second-order valence-corrected chi connectivity index (χ2v) is 7.52. The molecule has 3 aromatic carbocycles. The molecule has 0 saturated carbocycles. The molecular formula is C26H20F3NO2. The molecule has 0 saturated heterocycles. The van der Waals surface area contributed by atoms with Crippen molar-refractivity contribution in [2.75, 3.05) is 7.11 Å². The van der Waals surface area contributed by atoms with Crippen LogP contribution in [0.25, 0.3) is 22.2 Å². The Morgan fingerprint density at radius 2 is 1.69 bits per heavy atom. The number of hydrogen-bond donors (Lipinski definition) is 0. The number of rotatable bonds is 5. The molecule has 1 aromatic heterocycles. The third kappa shape index (κ3) is 4.21. The van der Waals surface area contributed by atoms with E-state index in [1.54, 1.807) is 43.5 Å². The second kappa shape index (κ2) is 8.46. The van der Waals surface area contributed by atoms with Crippen LogP contribution in [0.3, 0.4) is 0 Å². The number of nitrogens with zero attached hydrogens (tertiary/aromatic N) is 1. The van der Waals surface area contributed by atoms with Crippen LogP contribution in [-0.4, -0.2) is 17.9 Å². The molecule has 162 valence electrons. The summed E-state index contributed by atoms with van der Waals surface area (Å²) >= 11 is 0. The maximum absolute atomic E-state index is 13.8. The van der Waals surface area contributed by atoms with Gasteiger partial charge in [0, 0.05) is 22.9 Å². The van der Waals surface area contributed by atoms with Gasteiger partial charge in [-0.25, -0.2) is 4.98 Å². The molecular weight excluding hydrogens is 415 g/mol. The van der Waals surface area contributed by atoms with Crippen LogP contribution in [0.15, 0.2) is 72.8 Å². The smallest absolute Gasteiger partial charge is 0.417 e. The first kappa shape index (κ1) is 21.6. The average molecular weight is 435 g/mol. The number of para-hydroxylation sites is 1. The molecule has 0 spiro atoms. The first-order valence-corrected chi connectivity index (χ1v) is 10.0. The maximum atomic E-state index is 13.8. The van der Waals surface area contributed by atoms with Gasteiger partial charge in [-0.3, -0.25) is 4.79 Å². The summed E-state index contributed by atoms with van der Waals surface area (Å²) in [6, 6.07) is 19.3. The standard InChI is InChI=1S/C26H20F3NO2/c1-16-6-5-7-18-15-21(23(31)14-17-10-12-19(32-2)13-11-17)25(30-24(16)18)20-8-3-4-9-22(20)26(27,28)29/h3-13,15H,14H2,1-2H3. The molecule has 4 rings (SSSR count). The van der Waals surface area contributed by atoms with Crippen molar-refractivity contribution in [2.45, 2.75) is 19.5 Å². The van der Waals surface area contributed by atoms with Gasteiger partial charge < -0.3 is 4.74 Å². The molecule has 6 heteroatoms. The van der Waals surface area contributed by atoms with E-state index in [-0.39, 0.29) is 29.0 Å². The number of ketones is 1. The summed E-state index contributed by atoms with van der Waals surface area (Å²) in [6.07, 6.45) is -4.54. The summed E-state index contributed by atoms with van der Waals surface area (Å²) in [5.41, 5.74) is 1.40. The fourth-order valence-corrected chi connectivity index (χ4v) is 3.73. The maximum Gasteiger partial charge on any atom is 0.417 e. The number of benzene rings is 3. The lowest BCUT2D eigenvalue weighted by Gasteiger charge is -2.16. The Hall–Kier alpha value is -3.67. The largest absolute Gasteiger partial charge is 0.497 e. The van der Waals surface area contributed by atoms with Gasteiger partial charge in [0.05, 0.1) is 23.9 Å². The van der Waals surface area contributed by atoms with Crippen molar-refractivity contribution in [1.29, 1.82) is 0 Å². The van der Waals surface area contributed by atoms with Crippen LogP contribution in [0.1, 0.15) is 27.0 Å². The van der Waals surface area contributed by atoms with Gasteiger partial charge in [0.2, 0.25) is 0 Å². The number of hydrogen-bond acceptors (Lipinski definition) is 3. The van der Waals surface area contributed by atoms with Gasteiger partial charge in [-0.2, -0.15) is 13.2 Å². The fraction of sp³-hybridized carbons (Fsp3) is 0.154. The molecule has 0 bridgehead atoms. The van der Waals surface area contributed by atoms with Gasteiger partial charge in [0.25, 0.3) is 0 Å². The molecule has 0 radical (unpaired) electrons. The van der Waals surface area contributed by atoms with Crippen molar-refractivity contribution >= 4 is 16.7 Å². The molecule has 0 aliphatic rings. The van der Waals surface area contributed by atoms with E-state index in [2.05, 4.69) is 4.98 Å². The predicted molar refractivity (Wildman–Crippen MR) is 118 cm³/mol. The summed E-state index contributed by atoms with van der Waals surface area (Å²) in [7, 11) is 1.55. The number of carbonyl (C=O) groups is 1. The molecule has 32 heavy (non-hydrogen) atoms.